The first kappa shape index (κ1) is 22.1. The fourth-order valence-corrected chi connectivity index (χ4v) is 2.92. The van der Waals surface area contributed by atoms with Crippen LogP contribution in [0.3, 0.4) is 0 Å². The Morgan fingerprint density at radius 3 is 2.23 bits per heavy atom. The van der Waals surface area contributed by atoms with Gasteiger partial charge in [-0.1, -0.05) is 6.07 Å². The van der Waals surface area contributed by atoms with Gasteiger partial charge < -0.3 is 16.0 Å². The molecule has 0 aliphatic heterocycles. The van der Waals surface area contributed by atoms with Gasteiger partial charge in [0.2, 0.25) is 15.9 Å². The predicted octanol–water partition coefficient (Wildman–Crippen LogP) is 2.50. The number of aromatic nitrogens is 3. The molecule has 3 aromatic rings. The number of pyridine rings is 1. The van der Waals surface area contributed by atoms with Crippen molar-refractivity contribution in [2.24, 2.45) is 0 Å². The summed E-state index contributed by atoms with van der Waals surface area (Å²) in [5.74, 6) is 2.03. The van der Waals surface area contributed by atoms with Gasteiger partial charge in [-0.05, 0) is 43.3 Å². The number of likely N-dealkylation sites (N-methyl/N-ethyl adjacent to an activating group) is 1. The topological polar surface area (TPSA) is 129 Å². The number of amides is 1. The average Bonchev–Trinajstić information content (AvgIpc) is 2.69. The number of hydrogen-bond donors (Lipinski definition) is 3. The van der Waals surface area contributed by atoms with Crippen LogP contribution in [0.5, 0.6) is 0 Å². The molecule has 1 amide bonds. The Morgan fingerprint density at radius 1 is 0.968 bits per heavy atom. The lowest BCUT2D eigenvalue weighted by atomic mass is 10.2. The quantitative estimate of drug-likeness (QED) is 0.486. The maximum atomic E-state index is 12.0. The van der Waals surface area contributed by atoms with Gasteiger partial charge in [-0.15, -0.1) is 0 Å². The number of hydrogen-bond acceptors (Lipinski definition) is 8. The fraction of sp³-hybridized carbons (Fsp3) is 0.200. The van der Waals surface area contributed by atoms with Crippen molar-refractivity contribution < 1.29 is 13.2 Å². The minimum Gasteiger partial charge on any atom is -0.340 e. The second-order valence-corrected chi connectivity index (χ2v) is 8.88. The van der Waals surface area contributed by atoms with Crippen LogP contribution in [0.1, 0.15) is 5.82 Å². The Labute approximate surface area is 180 Å². The summed E-state index contributed by atoms with van der Waals surface area (Å²) in [5, 5.41) is 8.99. The van der Waals surface area contributed by atoms with E-state index in [2.05, 4.69) is 30.9 Å². The molecule has 1 aromatic carbocycles. The molecule has 0 radical (unpaired) electrons. The number of nitrogens with one attached hydrogen (secondary N) is 3. The number of rotatable bonds is 8. The zero-order chi connectivity index (χ0) is 22.4. The van der Waals surface area contributed by atoms with Crippen molar-refractivity contribution in [3.8, 4) is 0 Å². The van der Waals surface area contributed by atoms with Crippen LogP contribution in [-0.2, 0) is 14.8 Å². The molecule has 11 heteroatoms. The predicted molar refractivity (Wildman–Crippen MR) is 120 cm³/mol. The first-order valence-corrected chi connectivity index (χ1v) is 11.2. The van der Waals surface area contributed by atoms with E-state index in [0.29, 0.717) is 29.0 Å². The molecule has 0 spiro atoms. The van der Waals surface area contributed by atoms with E-state index >= 15 is 0 Å². The highest BCUT2D eigenvalue weighted by atomic mass is 32.2. The van der Waals surface area contributed by atoms with Crippen molar-refractivity contribution in [1.82, 2.24) is 19.3 Å². The molecule has 0 bridgehead atoms. The Hall–Kier alpha value is -3.57. The van der Waals surface area contributed by atoms with Crippen LogP contribution in [0.15, 0.2) is 54.7 Å². The van der Waals surface area contributed by atoms with Crippen molar-refractivity contribution >= 4 is 44.8 Å². The summed E-state index contributed by atoms with van der Waals surface area (Å²) in [5.41, 5.74) is 1.31. The fourth-order valence-electron chi connectivity index (χ4n) is 2.57. The summed E-state index contributed by atoms with van der Waals surface area (Å²) in [6.07, 6.45) is 2.74. The summed E-state index contributed by atoms with van der Waals surface area (Å²) in [6, 6.07) is 14.3. The van der Waals surface area contributed by atoms with Gasteiger partial charge in [0, 0.05) is 30.7 Å². The van der Waals surface area contributed by atoms with E-state index in [9.17, 15) is 13.2 Å². The van der Waals surface area contributed by atoms with Crippen molar-refractivity contribution in [3.05, 3.63) is 60.6 Å². The van der Waals surface area contributed by atoms with Crippen LogP contribution in [0, 0.1) is 6.92 Å². The van der Waals surface area contributed by atoms with Crippen LogP contribution < -0.4 is 16.0 Å². The van der Waals surface area contributed by atoms with Gasteiger partial charge in [0.05, 0.1) is 12.8 Å². The largest absolute Gasteiger partial charge is 0.340 e. The molecule has 3 N–H and O–H groups in total. The summed E-state index contributed by atoms with van der Waals surface area (Å²) in [6.45, 7) is 1.53. The normalized spacial score (nSPS) is 11.2. The lowest BCUT2D eigenvalue weighted by Gasteiger charge is -2.14. The molecule has 0 atom stereocenters. The SMILES string of the molecule is Cc1nc(Nc2ccc(NC(=O)CN(C)S(C)(=O)=O)cc2)cc(Nc2ccccn2)n1. The van der Waals surface area contributed by atoms with E-state index in [0.717, 1.165) is 16.2 Å². The Morgan fingerprint density at radius 2 is 1.61 bits per heavy atom. The van der Waals surface area contributed by atoms with Crippen molar-refractivity contribution in [2.45, 2.75) is 6.92 Å². The smallest absolute Gasteiger partial charge is 0.239 e. The molecule has 0 aliphatic rings. The van der Waals surface area contributed by atoms with E-state index < -0.39 is 15.9 Å². The first-order valence-electron chi connectivity index (χ1n) is 9.31. The van der Waals surface area contributed by atoms with Crippen LogP contribution >= 0.6 is 0 Å². The second-order valence-electron chi connectivity index (χ2n) is 6.80. The Kier molecular flexibility index (Phi) is 6.78. The van der Waals surface area contributed by atoms with E-state index in [1.165, 1.54) is 7.05 Å². The molecule has 0 saturated carbocycles. The third-order valence-electron chi connectivity index (χ3n) is 4.13. The molecule has 10 nitrogen and oxygen atoms in total. The lowest BCUT2D eigenvalue weighted by molar-refractivity contribution is -0.116. The van der Waals surface area contributed by atoms with Gasteiger partial charge in [0.1, 0.15) is 23.3 Å². The molecule has 0 unspecified atom stereocenters. The standard InChI is InChI=1S/C20H23N7O3S/c1-14-22-18(12-19(23-14)26-17-6-4-5-11-21-17)24-15-7-9-16(10-8-15)25-20(28)13-27(2)31(3,29)30/h4-12H,13H2,1-3H3,(H,25,28)(H2,21,22,23,24,26). The molecule has 162 valence electrons. The van der Waals surface area contributed by atoms with E-state index in [4.69, 9.17) is 0 Å². The maximum absolute atomic E-state index is 12.0. The van der Waals surface area contributed by atoms with Crippen LogP contribution in [-0.4, -0.2) is 53.4 Å². The molecular formula is C20H23N7O3S. The third-order valence-corrected chi connectivity index (χ3v) is 5.39. The highest BCUT2D eigenvalue weighted by molar-refractivity contribution is 7.88. The molecule has 31 heavy (non-hydrogen) atoms. The monoisotopic (exact) mass is 441 g/mol. The van der Waals surface area contributed by atoms with E-state index in [1.54, 1.807) is 43.5 Å². The second kappa shape index (κ2) is 9.49. The number of anilines is 5. The Balaban J connectivity index is 1.64. The number of carbonyl (C=O) groups is 1. The van der Waals surface area contributed by atoms with Gasteiger partial charge >= 0.3 is 0 Å². The van der Waals surface area contributed by atoms with Crippen LogP contribution in [0.25, 0.3) is 0 Å². The molecule has 0 fully saturated rings. The molecule has 2 heterocycles. The molecule has 3 rings (SSSR count). The molecule has 0 aliphatic carbocycles. The van der Waals surface area contributed by atoms with Crippen LogP contribution in [0.4, 0.5) is 28.8 Å². The van der Waals surface area contributed by atoms with Gasteiger partial charge in [0.15, 0.2) is 0 Å². The maximum Gasteiger partial charge on any atom is 0.239 e. The Bertz CT molecular complexity index is 1150. The van der Waals surface area contributed by atoms with Crippen molar-refractivity contribution in [3.63, 3.8) is 0 Å². The molecular weight excluding hydrogens is 418 g/mol. The van der Waals surface area contributed by atoms with Gasteiger partial charge in [-0.25, -0.2) is 23.4 Å². The lowest BCUT2D eigenvalue weighted by Crippen LogP contribution is -2.34. The highest BCUT2D eigenvalue weighted by Crippen LogP contribution is 2.21. The van der Waals surface area contributed by atoms with Gasteiger partial charge in [0.25, 0.3) is 0 Å². The van der Waals surface area contributed by atoms with E-state index in [-0.39, 0.29) is 6.54 Å². The number of nitrogens with zero attached hydrogens (tertiary/aromatic N) is 4. The zero-order valence-electron chi connectivity index (χ0n) is 17.3. The van der Waals surface area contributed by atoms with E-state index in [1.807, 2.05) is 18.2 Å². The summed E-state index contributed by atoms with van der Waals surface area (Å²) >= 11 is 0. The summed E-state index contributed by atoms with van der Waals surface area (Å²) < 4.78 is 23.8. The first-order chi connectivity index (χ1) is 14.7. The number of aryl methyl sites for hydroxylation is 1. The molecule has 0 saturated heterocycles. The molecule has 2 aromatic heterocycles. The number of sulfonamides is 1. The van der Waals surface area contributed by atoms with Gasteiger partial charge in [-0.3, -0.25) is 4.79 Å². The average molecular weight is 442 g/mol. The summed E-state index contributed by atoms with van der Waals surface area (Å²) in [4.78, 5) is 25.0. The third kappa shape index (κ3) is 6.73. The van der Waals surface area contributed by atoms with Gasteiger partial charge in [-0.2, -0.15) is 4.31 Å². The van der Waals surface area contributed by atoms with Crippen molar-refractivity contribution in [1.29, 1.82) is 0 Å². The zero-order valence-corrected chi connectivity index (χ0v) is 18.1. The summed E-state index contributed by atoms with van der Waals surface area (Å²) in [7, 11) is -2.07. The van der Waals surface area contributed by atoms with Crippen LogP contribution in [0.2, 0.25) is 0 Å². The number of carbonyl (C=O) groups excluding carboxylic acids is 1. The van der Waals surface area contributed by atoms with Crippen molar-refractivity contribution in [2.75, 3.05) is 35.8 Å². The highest BCUT2D eigenvalue weighted by Gasteiger charge is 2.15. The minimum absolute atomic E-state index is 0.259. The number of benzene rings is 1. The minimum atomic E-state index is -3.42.